The van der Waals surface area contributed by atoms with Crippen molar-refractivity contribution in [3.8, 4) is 17.1 Å². The summed E-state index contributed by atoms with van der Waals surface area (Å²) >= 11 is 0. The molecular weight excluding hydrogens is 202 g/mol. The summed E-state index contributed by atoms with van der Waals surface area (Å²) in [7, 11) is 0. The summed E-state index contributed by atoms with van der Waals surface area (Å²) in [5, 5.41) is 0. The molecule has 0 spiro atoms. The minimum Gasteiger partial charge on any atom is -0.487 e. The van der Waals surface area contributed by atoms with Crippen molar-refractivity contribution in [1.29, 1.82) is 0 Å². The minimum absolute atomic E-state index is 0.0912. The zero-order chi connectivity index (χ0) is 11.4. The smallest absolute Gasteiger partial charge is 0.165 e. The predicted octanol–water partition coefficient (Wildman–Crippen LogP) is 2.33. The van der Waals surface area contributed by atoms with Gasteiger partial charge in [0, 0.05) is 6.20 Å². The quantitative estimate of drug-likeness (QED) is 0.788. The van der Waals surface area contributed by atoms with Crippen molar-refractivity contribution in [2.24, 2.45) is 0 Å². The maximum atomic E-state index is 5.63. The lowest BCUT2D eigenvalue weighted by molar-refractivity contribution is 0.241. The zero-order valence-corrected chi connectivity index (χ0v) is 9.29. The van der Waals surface area contributed by atoms with Crippen LogP contribution in [0.15, 0.2) is 36.9 Å². The van der Waals surface area contributed by atoms with E-state index in [-0.39, 0.29) is 6.10 Å². The van der Waals surface area contributed by atoms with Gasteiger partial charge in [0.05, 0.1) is 18.0 Å². The Morgan fingerprint density at radius 1 is 1.19 bits per heavy atom. The summed E-state index contributed by atoms with van der Waals surface area (Å²) in [5.41, 5.74) is 1.52. The predicted molar refractivity (Wildman–Crippen MR) is 61.0 cm³/mol. The Morgan fingerprint density at radius 2 is 2.06 bits per heavy atom. The first-order chi connectivity index (χ1) is 7.77. The van der Waals surface area contributed by atoms with E-state index in [9.17, 15) is 0 Å². The normalized spacial score (nSPS) is 10.4. The van der Waals surface area contributed by atoms with Crippen LogP contribution in [0.3, 0.4) is 0 Å². The molecule has 82 valence electrons. The van der Waals surface area contributed by atoms with Crippen LogP contribution in [-0.2, 0) is 0 Å². The third-order valence-corrected chi connectivity index (χ3v) is 1.95. The lowest BCUT2D eigenvalue weighted by atomic mass is 10.2. The van der Waals surface area contributed by atoms with E-state index in [0.717, 1.165) is 11.4 Å². The van der Waals surface area contributed by atoms with Gasteiger partial charge < -0.3 is 4.74 Å². The van der Waals surface area contributed by atoms with Crippen molar-refractivity contribution in [2.75, 3.05) is 0 Å². The van der Waals surface area contributed by atoms with Crippen LogP contribution in [0.1, 0.15) is 13.8 Å². The van der Waals surface area contributed by atoms with E-state index in [4.69, 9.17) is 4.74 Å². The molecule has 0 aromatic carbocycles. The minimum atomic E-state index is 0.0912. The number of ether oxygens (including phenoxy) is 1. The van der Waals surface area contributed by atoms with E-state index >= 15 is 0 Å². The van der Waals surface area contributed by atoms with Gasteiger partial charge in [0.25, 0.3) is 0 Å². The van der Waals surface area contributed by atoms with Crippen molar-refractivity contribution in [3.05, 3.63) is 36.9 Å². The number of pyridine rings is 1. The molecule has 16 heavy (non-hydrogen) atoms. The summed E-state index contributed by atoms with van der Waals surface area (Å²) < 4.78 is 5.63. The molecule has 0 atom stereocenters. The van der Waals surface area contributed by atoms with Crippen LogP contribution in [0.5, 0.6) is 5.75 Å². The third-order valence-electron chi connectivity index (χ3n) is 1.95. The van der Waals surface area contributed by atoms with Gasteiger partial charge in [0.2, 0.25) is 0 Å². The Labute approximate surface area is 94.4 Å². The maximum absolute atomic E-state index is 5.63. The Balaban J connectivity index is 2.41. The van der Waals surface area contributed by atoms with Crippen LogP contribution in [0.4, 0.5) is 0 Å². The largest absolute Gasteiger partial charge is 0.487 e. The van der Waals surface area contributed by atoms with Crippen LogP contribution in [0.25, 0.3) is 11.4 Å². The highest BCUT2D eigenvalue weighted by Gasteiger charge is 2.09. The topological polar surface area (TPSA) is 47.9 Å². The molecule has 0 radical (unpaired) electrons. The Morgan fingerprint density at radius 3 is 2.75 bits per heavy atom. The summed E-state index contributed by atoms with van der Waals surface area (Å²) in [5.74, 6) is 0.663. The SMILES string of the molecule is CC(C)Oc1cncnc1-c1ccccn1. The maximum Gasteiger partial charge on any atom is 0.165 e. The van der Waals surface area contributed by atoms with Gasteiger partial charge in [-0.2, -0.15) is 0 Å². The van der Waals surface area contributed by atoms with Crippen LogP contribution >= 0.6 is 0 Å². The van der Waals surface area contributed by atoms with Crippen molar-refractivity contribution in [1.82, 2.24) is 15.0 Å². The molecular formula is C12H13N3O. The fourth-order valence-electron chi connectivity index (χ4n) is 1.35. The van der Waals surface area contributed by atoms with Crippen molar-refractivity contribution in [3.63, 3.8) is 0 Å². The summed E-state index contributed by atoms with van der Waals surface area (Å²) in [4.78, 5) is 12.4. The number of rotatable bonds is 3. The van der Waals surface area contributed by atoms with Gasteiger partial charge >= 0.3 is 0 Å². The van der Waals surface area contributed by atoms with Gasteiger partial charge in [0.1, 0.15) is 12.0 Å². The lowest BCUT2D eigenvalue weighted by Gasteiger charge is -2.11. The molecule has 0 unspecified atom stereocenters. The molecule has 2 rings (SSSR count). The fraction of sp³-hybridized carbons (Fsp3) is 0.250. The molecule has 0 saturated heterocycles. The molecule has 0 saturated carbocycles. The molecule has 2 heterocycles. The highest BCUT2D eigenvalue weighted by molar-refractivity contribution is 5.61. The van der Waals surface area contributed by atoms with Gasteiger partial charge in [-0.15, -0.1) is 0 Å². The van der Waals surface area contributed by atoms with E-state index in [1.165, 1.54) is 6.33 Å². The first-order valence-corrected chi connectivity index (χ1v) is 5.15. The monoisotopic (exact) mass is 215 g/mol. The molecule has 0 N–H and O–H groups in total. The first kappa shape index (κ1) is 10.5. The standard InChI is InChI=1S/C12H13N3O/c1-9(2)16-11-7-13-8-15-12(11)10-5-3-4-6-14-10/h3-9H,1-2H3. The second-order valence-electron chi connectivity index (χ2n) is 3.62. The fourth-order valence-corrected chi connectivity index (χ4v) is 1.35. The van der Waals surface area contributed by atoms with E-state index < -0.39 is 0 Å². The zero-order valence-electron chi connectivity index (χ0n) is 9.29. The Bertz CT molecular complexity index is 457. The lowest BCUT2D eigenvalue weighted by Crippen LogP contribution is -2.07. The molecule has 0 bridgehead atoms. The van der Waals surface area contributed by atoms with Crippen LogP contribution < -0.4 is 4.74 Å². The highest BCUT2D eigenvalue weighted by Crippen LogP contribution is 2.25. The summed E-state index contributed by atoms with van der Waals surface area (Å²) in [6, 6.07) is 5.69. The molecule has 0 amide bonds. The van der Waals surface area contributed by atoms with Crippen molar-refractivity contribution < 1.29 is 4.74 Å². The molecule has 2 aromatic rings. The second kappa shape index (κ2) is 4.70. The molecule has 4 nitrogen and oxygen atoms in total. The number of hydrogen-bond donors (Lipinski definition) is 0. The molecule has 0 fully saturated rings. The summed E-state index contributed by atoms with van der Waals surface area (Å²) in [6.07, 6.45) is 4.98. The number of hydrogen-bond acceptors (Lipinski definition) is 4. The van der Waals surface area contributed by atoms with Gasteiger partial charge in [-0.1, -0.05) is 6.07 Å². The molecule has 0 aliphatic carbocycles. The number of nitrogens with zero attached hydrogens (tertiary/aromatic N) is 3. The van der Waals surface area contributed by atoms with Crippen molar-refractivity contribution >= 4 is 0 Å². The van der Waals surface area contributed by atoms with E-state index in [1.807, 2.05) is 32.0 Å². The van der Waals surface area contributed by atoms with E-state index in [1.54, 1.807) is 12.4 Å². The second-order valence-corrected chi connectivity index (χ2v) is 3.62. The van der Waals surface area contributed by atoms with Gasteiger partial charge in [-0.05, 0) is 26.0 Å². The Kier molecular flexibility index (Phi) is 3.10. The average Bonchev–Trinajstić information content (AvgIpc) is 2.30. The van der Waals surface area contributed by atoms with Crippen LogP contribution in [-0.4, -0.2) is 21.1 Å². The molecule has 4 heteroatoms. The van der Waals surface area contributed by atoms with Gasteiger partial charge in [0.15, 0.2) is 5.75 Å². The average molecular weight is 215 g/mol. The molecule has 0 aliphatic rings. The molecule has 2 aromatic heterocycles. The Hall–Kier alpha value is -1.97. The van der Waals surface area contributed by atoms with E-state index in [2.05, 4.69) is 15.0 Å². The van der Waals surface area contributed by atoms with Gasteiger partial charge in [-0.3, -0.25) is 4.98 Å². The van der Waals surface area contributed by atoms with Crippen molar-refractivity contribution in [2.45, 2.75) is 20.0 Å². The van der Waals surface area contributed by atoms with Gasteiger partial charge in [-0.25, -0.2) is 9.97 Å². The van der Waals surface area contributed by atoms with E-state index in [0.29, 0.717) is 5.75 Å². The van der Waals surface area contributed by atoms with Crippen LogP contribution in [0.2, 0.25) is 0 Å². The number of aromatic nitrogens is 3. The first-order valence-electron chi connectivity index (χ1n) is 5.15. The third kappa shape index (κ3) is 2.34. The highest BCUT2D eigenvalue weighted by atomic mass is 16.5. The summed E-state index contributed by atoms with van der Waals surface area (Å²) in [6.45, 7) is 3.93. The van der Waals surface area contributed by atoms with Crippen LogP contribution in [0, 0.1) is 0 Å². The molecule has 0 aliphatic heterocycles.